The number of nitrogens with zero attached hydrogens (tertiary/aromatic N) is 1. The number of nitrogens with one attached hydrogen (secondary N) is 2. The van der Waals surface area contributed by atoms with E-state index in [9.17, 15) is 8.42 Å². The number of aliphatic imine (C=N–C) groups is 1. The summed E-state index contributed by atoms with van der Waals surface area (Å²) >= 11 is 0. The highest BCUT2D eigenvalue weighted by Gasteiger charge is 2.28. The Morgan fingerprint density at radius 3 is 2.52 bits per heavy atom. The first-order valence-electron chi connectivity index (χ1n) is 8.77. The van der Waals surface area contributed by atoms with E-state index in [4.69, 9.17) is 4.74 Å². The SMILES string of the molecule is C=CCOc1ccccc1CN=C(NCC)NCCS(=O)(=O)C(C)(C)C.I. The standard InChI is InChI=1S/C19H31N3O3S.HI/c1-6-13-25-17-11-9-8-10-16(17)15-22-18(20-7-2)21-12-14-26(23,24)19(3,4)5;/h6,8-11H,1,7,12-15H2,2-5H3,(H2,20,21,22);1H. The number of para-hydroxylation sites is 1. The van der Waals surface area contributed by atoms with Gasteiger partial charge in [0.15, 0.2) is 15.8 Å². The number of rotatable bonds is 9. The largest absolute Gasteiger partial charge is 0.489 e. The van der Waals surface area contributed by atoms with E-state index in [0.717, 1.165) is 11.3 Å². The minimum atomic E-state index is -3.17. The predicted molar refractivity (Wildman–Crippen MR) is 124 cm³/mol. The smallest absolute Gasteiger partial charge is 0.191 e. The predicted octanol–water partition coefficient (Wildman–Crippen LogP) is 3.14. The molecule has 0 amide bonds. The summed E-state index contributed by atoms with van der Waals surface area (Å²) < 4.78 is 29.3. The van der Waals surface area contributed by atoms with Gasteiger partial charge in [-0.15, -0.1) is 24.0 Å². The third-order valence-corrected chi connectivity index (χ3v) is 6.28. The third kappa shape index (κ3) is 8.96. The van der Waals surface area contributed by atoms with Crippen LogP contribution in [0.2, 0.25) is 0 Å². The van der Waals surface area contributed by atoms with Crippen molar-refractivity contribution < 1.29 is 13.2 Å². The number of hydrogen-bond acceptors (Lipinski definition) is 4. The Balaban J connectivity index is 0.00000676. The molecule has 0 fully saturated rings. The number of halogens is 1. The minimum Gasteiger partial charge on any atom is -0.489 e. The van der Waals surface area contributed by atoms with E-state index in [0.29, 0.717) is 32.2 Å². The maximum atomic E-state index is 12.2. The third-order valence-electron chi connectivity index (χ3n) is 3.68. The van der Waals surface area contributed by atoms with Gasteiger partial charge in [-0.2, -0.15) is 0 Å². The van der Waals surface area contributed by atoms with Crippen molar-refractivity contribution in [3.8, 4) is 5.75 Å². The molecular formula is C19H32IN3O3S. The number of hydrogen-bond donors (Lipinski definition) is 2. The van der Waals surface area contributed by atoms with Crippen molar-refractivity contribution in [3.63, 3.8) is 0 Å². The molecule has 0 aliphatic heterocycles. The van der Waals surface area contributed by atoms with Gasteiger partial charge >= 0.3 is 0 Å². The van der Waals surface area contributed by atoms with Gasteiger partial charge in [-0.1, -0.05) is 30.9 Å². The summed E-state index contributed by atoms with van der Waals surface area (Å²) in [5.74, 6) is 1.40. The second-order valence-corrected chi connectivity index (χ2v) is 9.62. The van der Waals surface area contributed by atoms with Crippen LogP contribution in [0.3, 0.4) is 0 Å². The Morgan fingerprint density at radius 2 is 1.93 bits per heavy atom. The highest BCUT2D eigenvalue weighted by Crippen LogP contribution is 2.19. The van der Waals surface area contributed by atoms with Crippen molar-refractivity contribution in [2.45, 2.75) is 39.0 Å². The van der Waals surface area contributed by atoms with Gasteiger partial charge in [-0.05, 0) is 33.8 Å². The second kappa shape index (κ2) is 12.2. The second-order valence-electron chi connectivity index (χ2n) is 6.76. The first-order chi connectivity index (χ1) is 12.2. The maximum Gasteiger partial charge on any atom is 0.191 e. The summed E-state index contributed by atoms with van der Waals surface area (Å²) in [4.78, 5) is 4.53. The highest BCUT2D eigenvalue weighted by molar-refractivity contribution is 14.0. The molecule has 6 nitrogen and oxygen atoms in total. The first-order valence-corrected chi connectivity index (χ1v) is 10.4. The van der Waals surface area contributed by atoms with Crippen LogP contribution in [0.1, 0.15) is 33.3 Å². The van der Waals surface area contributed by atoms with Crippen LogP contribution in [0, 0.1) is 0 Å². The molecule has 0 unspecified atom stereocenters. The lowest BCUT2D eigenvalue weighted by Gasteiger charge is -2.19. The van der Waals surface area contributed by atoms with E-state index >= 15 is 0 Å². The fourth-order valence-corrected chi connectivity index (χ4v) is 3.02. The fraction of sp³-hybridized carbons (Fsp3) is 0.526. The van der Waals surface area contributed by atoms with Gasteiger partial charge in [0.1, 0.15) is 12.4 Å². The van der Waals surface area contributed by atoms with Crippen molar-refractivity contribution in [2.75, 3.05) is 25.4 Å². The van der Waals surface area contributed by atoms with Gasteiger partial charge in [0.05, 0.1) is 17.0 Å². The monoisotopic (exact) mass is 509 g/mol. The topological polar surface area (TPSA) is 79.8 Å². The quantitative estimate of drug-likeness (QED) is 0.232. The zero-order chi connectivity index (χ0) is 19.6. The Bertz CT molecular complexity index is 713. The number of benzene rings is 1. The zero-order valence-corrected chi connectivity index (χ0v) is 19.8. The van der Waals surface area contributed by atoms with Crippen LogP contribution in [0.4, 0.5) is 0 Å². The van der Waals surface area contributed by atoms with E-state index in [1.54, 1.807) is 26.8 Å². The molecule has 154 valence electrons. The summed E-state index contributed by atoms with van der Waals surface area (Å²) in [6, 6.07) is 7.69. The summed E-state index contributed by atoms with van der Waals surface area (Å²) in [6.45, 7) is 12.6. The average molecular weight is 509 g/mol. The molecule has 0 aliphatic carbocycles. The van der Waals surface area contributed by atoms with Crippen molar-refractivity contribution in [1.29, 1.82) is 0 Å². The molecule has 1 aromatic carbocycles. The molecule has 0 saturated carbocycles. The Morgan fingerprint density at radius 1 is 1.26 bits per heavy atom. The Labute approximate surface area is 180 Å². The zero-order valence-electron chi connectivity index (χ0n) is 16.6. The molecule has 0 aliphatic rings. The van der Waals surface area contributed by atoms with E-state index in [2.05, 4.69) is 22.2 Å². The highest BCUT2D eigenvalue weighted by atomic mass is 127. The molecule has 27 heavy (non-hydrogen) atoms. The molecule has 0 heterocycles. The number of sulfone groups is 1. The van der Waals surface area contributed by atoms with Crippen LogP contribution in [0.15, 0.2) is 41.9 Å². The van der Waals surface area contributed by atoms with Crippen LogP contribution in [-0.2, 0) is 16.4 Å². The molecule has 0 atom stereocenters. The summed E-state index contributed by atoms with van der Waals surface area (Å²) in [7, 11) is -3.17. The van der Waals surface area contributed by atoms with E-state index in [1.807, 2.05) is 31.2 Å². The van der Waals surface area contributed by atoms with Crippen LogP contribution in [0.5, 0.6) is 5.75 Å². The van der Waals surface area contributed by atoms with Gasteiger partial charge in [-0.25, -0.2) is 13.4 Å². The van der Waals surface area contributed by atoms with Crippen molar-refractivity contribution in [3.05, 3.63) is 42.5 Å². The number of guanidine groups is 1. The van der Waals surface area contributed by atoms with Crippen molar-refractivity contribution in [2.24, 2.45) is 4.99 Å². The van der Waals surface area contributed by atoms with Crippen molar-refractivity contribution in [1.82, 2.24) is 10.6 Å². The molecular weight excluding hydrogens is 477 g/mol. The first kappa shape index (κ1) is 25.7. The lowest BCUT2D eigenvalue weighted by Crippen LogP contribution is -2.41. The molecule has 0 saturated heterocycles. The summed E-state index contributed by atoms with van der Waals surface area (Å²) in [5, 5.41) is 6.21. The summed E-state index contributed by atoms with van der Waals surface area (Å²) in [6.07, 6.45) is 1.70. The molecule has 2 N–H and O–H groups in total. The lowest BCUT2D eigenvalue weighted by atomic mass is 10.2. The molecule has 1 rings (SSSR count). The lowest BCUT2D eigenvalue weighted by molar-refractivity contribution is 0.359. The molecule has 0 radical (unpaired) electrons. The number of ether oxygens (including phenoxy) is 1. The van der Waals surface area contributed by atoms with Gasteiger partial charge in [0, 0.05) is 18.7 Å². The molecule has 1 aromatic rings. The molecule has 0 bridgehead atoms. The van der Waals surface area contributed by atoms with E-state index in [-0.39, 0.29) is 29.7 Å². The van der Waals surface area contributed by atoms with Crippen LogP contribution >= 0.6 is 24.0 Å². The summed E-state index contributed by atoms with van der Waals surface area (Å²) in [5.41, 5.74) is 0.953. The Kier molecular flexibility index (Phi) is 11.6. The van der Waals surface area contributed by atoms with Crippen molar-refractivity contribution >= 4 is 39.8 Å². The van der Waals surface area contributed by atoms with E-state index < -0.39 is 14.6 Å². The molecule has 0 aromatic heterocycles. The molecule has 0 spiro atoms. The van der Waals surface area contributed by atoms with E-state index in [1.165, 1.54) is 0 Å². The minimum absolute atomic E-state index is 0. The van der Waals surface area contributed by atoms with Gasteiger partial charge in [0.2, 0.25) is 0 Å². The Hall–Kier alpha value is -1.29. The van der Waals surface area contributed by atoms with Crippen LogP contribution in [0.25, 0.3) is 0 Å². The molecule has 8 heteroatoms. The normalized spacial score (nSPS) is 12.1. The van der Waals surface area contributed by atoms with Gasteiger partial charge < -0.3 is 15.4 Å². The van der Waals surface area contributed by atoms with Crippen LogP contribution in [-0.4, -0.2) is 44.6 Å². The average Bonchev–Trinajstić information content (AvgIpc) is 2.57. The van der Waals surface area contributed by atoms with Crippen LogP contribution < -0.4 is 15.4 Å². The van der Waals surface area contributed by atoms with Gasteiger partial charge in [0.25, 0.3) is 0 Å². The maximum absolute atomic E-state index is 12.2. The van der Waals surface area contributed by atoms with Gasteiger partial charge in [-0.3, -0.25) is 0 Å². The fourth-order valence-electron chi connectivity index (χ4n) is 2.04.